The highest BCUT2D eigenvalue weighted by molar-refractivity contribution is 5.73. The summed E-state index contributed by atoms with van der Waals surface area (Å²) in [5.41, 5.74) is 6.49. The number of ether oxygens (including phenoxy) is 1. The van der Waals surface area contributed by atoms with Crippen molar-refractivity contribution in [3.63, 3.8) is 0 Å². The number of nitrogen functional groups attached to an aromatic ring is 1. The highest BCUT2D eigenvalue weighted by atomic mass is 16.6. The highest BCUT2D eigenvalue weighted by Gasteiger charge is 2.29. The first-order valence-electron chi connectivity index (χ1n) is 7.32. The smallest absolute Gasteiger partial charge is 0.309 e. The Bertz CT molecular complexity index is 515. The van der Waals surface area contributed by atoms with Crippen LogP contribution in [-0.4, -0.2) is 29.8 Å². The second-order valence-electron chi connectivity index (χ2n) is 6.54. The van der Waals surface area contributed by atoms with E-state index in [1.54, 1.807) is 12.1 Å². The summed E-state index contributed by atoms with van der Waals surface area (Å²) in [7, 11) is 0. The average molecular weight is 292 g/mol. The normalized spacial score (nSPS) is 16.8. The van der Waals surface area contributed by atoms with Crippen LogP contribution in [0.1, 0.15) is 33.6 Å². The number of esters is 1. The van der Waals surface area contributed by atoms with Gasteiger partial charge in [0.2, 0.25) is 0 Å². The third-order valence-electron chi connectivity index (χ3n) is 3.61. The lowest BCUT2D eigenvalue weighted by Gasteiger charge is -2.34. The number of aromatic hydroxyl groups is 1. The van der Waals surface area contributed by atoms with Gasteiger partial charge >= 0.3 is 5.97 Å². The third kappa shape index (κ3) is 4.03. The van der Waals surface area contributed by atoms with Crippen molar-refractivity contribution in [3.8, 4) is 5.75 Å². The van der Waals surface area contributed by atoms with Crippen molar-refractivity contribution >= 4 is 17.3 Å². The highest BCUT2D eigenvalue weighted by Crippen LogP contribution is 2.30. The van der Waals surface area contributed by atoms with Crippen LogP contribution in [0.4, 0.5) is 11.4 Å². The zero-order valence-corrected chi connectivity index (χ0v) is 12.9. The summed E-state index contributed by atoms with van der Waals surface area (Å²) in [5.74, 6) is -0.0491. The van der Waals surface area contributed by atoms with Gasteiger partial charge in [0.15, 0.2) is 0 Å². The number of carbonyl (C=O) groups excluding carboxylic acids is 1. The van der Waals surface area contributed by atoms with Crippen molar-refractivity contribution in [2.45, 2.75) is 39.2 Å². The van der Waals surface area contributed by atoms with E-state index in [0.717, 1.165) is 31.6 Å². The van der Waals surface area contributed by atoms with Crippen molar-refractivity contribution in [1.82, 2.24) is 0 Å². The first kappa shape index (κ1) is 15.5. The number of phenols is 1. The number of anilines is 2. The van der Waals surface area contributed by atoms with Crippen molar-refractivity contribution < 1.29 is 14.6 Å². The summed E-state index contributed by atoms with van der Waals surface area (Å²) < 4.78 is 5.44. The molecule has 1 aromatic carbocycles. The van der Waals surface area contributed by atoms with Crippen LogP contribution in [0.15, 0.2) is 18.2 Å². The summed E-state index contributed by atoms with van der Waals surface area (Å²) in [4.78, 5) is 14.2. The van der Waals surface area contributed by atoms with Crippen molar-refractivity contribution in [1.29, 1.82) is 0 Å². The molecular formula is C16H24N2O3. The molecule has 21 heavy (non-hydrogen) atoms. The monoisotopic (exact) mass is 292 g/mol. The van der Waals surface area contributed by atoms with Crippen LogP contribution in [0.3, 0.4) is 0 Å². The first-order valence-corrected chi connectivity index (χ1v) is 7.32. The Hall–Kier alpha value is -1.91. The van der Waals surface area contributed by atoms with Crippen LogP contribution in [0.5, 0.6) is 5.75 Å². The molecule has 1 aromatic rings. The van der Waals surface area contributed by atoms with Crippen LogP contribution in [0.2, 0.25) is 0 Å². The molecule has 1 aliphatic rings. The quantitative estimate of drug-likeness (QED) is 0.497. The molecule has 1 fully saturated rings. The van der Waals surface area contributed by atoms with Gasteiger partial charge in [-0.3, -0.25) is 4.79 Å². The van der Waals surface area contributed by atoms with E-state index in [9.17, 15) is 9.90 Å². The van der Waals surface area contributed by atoms with Gasteiger partial charge in [-0.15, -0.1) is 0 Å². The van der Waals surface area contributed by atoms with E-state index in [1.165, 1.54) is 0 Å². The van der Waals surface area contributed by atoms with E-state index < -0.39 is 5.60 Å². The number of hydrogen-bond donors (Lipinski definition) is 2. The predicted molar refractivity (Wildman–Crippen MR) is 83.3 cm³/mol. The summed E-state index contributed by atoms with van der Waals surface area (Å²) >= 11 is 0. The number of hydrogen-bond acceptors (Lipinski definition) is 5. The van der Waals surface area contributed by atoms with Crippen LogP contribution in [-0.2, 0) is 9.53 Å². The van der Waals surface area contributed by atoms with Gasteiger partial charge in [0.25, 0.3) is 0 Å². The predicted octanol–water partition coefficient (Wildman–Crippen LogP) is 2.53. The maximum Gasteiger partial charge on any atom is 0.309 e. The van der Waals surface area contributed by atoms with Gasteiger partial charge in [-0.1, -0.05) is 0 Å². The van der Waals surface area contributed by atoms with E-state index in [2.05, 4.69) is 4.90 Å². The average Bonchev–Trinajstić information content (AvgIpc) is 2.40. The topological polar surface area (TPSA) is 75.8 Å². The van der Waals surface area contributed by atoms with E-state index in [0.29, 0.717) is 5.69 Å². The second kappa shape index (κ2) is 5.84. The summed E-state index contributed by atoms with van der Waals surface area (Å²) in [6.45, 7) is 7.20. The van der Waals surface area contributed by atoms with Crippen LogP contribution >= 0.6 is 0 Å². The van der Waals surface area contributed by atoms with Gasteiger partial charge in [-0.2, -0.15) is 0 Å². The summed E-state index contributed by atoms with van der Waals surface area (Å²) in [6, 6.07) is 5.26. The Labute approximate surface area is 125 Å². The molecule has 5 nitrogen and oxygen atoms in total. The van der Waals surface area contributed by atoms with E-state index in [4.69, 9.17) is 10.5 Å². The fourth-order valence-corrected chi connectivity index (χ4v) is 2.49. The van der Waals surface area contributed by atoms with Crippen molar-refractivity contribution in [2.75, 3.05) is 23.7 Å². The van der Waals surface area contributed by atoms with E-state index in [-0.39, 0.29) is 17.6 Å². The lowest BCUT2D eigenvalue weighted by atomic mass is 9.96. The maximum absolute atomic E-state index is 12.1. The zero-order chi connectivity index (χ0) is 15.6. The van der Waals surface area contributed by atoms with Crippen LogP contribution in [0, 0.1) is 5.92 Å². The Morgan fingerprint density at radius 1 is 1.33 bits per heavy atom. The minimum Gasteiger partial charge on any atom is -0.506 e. The van der Waals surface area contributed by atoms with E-state index >= 15 is 0 Å². The Balaban J connectivity index is 1.94. The van der Waals surface area contributed by atoms with Gasteiger partial charge in [0.1, 0.15) is 11.4 Å². The maximum atomic E-state index is 12.1. The number of rotatable bonds is 2. The first-order chi connectivity index (χ1) is 9.76. The molecule has 1 aliphatic heterocycles. The summed E-state index contributed by atoms with van der Waals surface area (Å²) in [6.07, 6.45) is 1.53. The minimum absolute atomic E-state index is 0.0390. The lowest BCUT2D eigenvalue weighted by Crippen LogP contribution is -2.38. The molecule has 0 bridgehead atoms. The molecule has 0 spiro atoms. The van der Waals surface area contributed by atoms with E-state index in [1.807, 2.05) is 26.8 Å². The molecule has 0 aliphatic carbocycles. The third-order valence-corrected chi connectivity index (χ3v) is 3.61. The Morgan fingerprint density at radius 3 is 2.48 bits per heavy atom. The molecule has 1 heterocycles. The van der Waals surface area contributed by atoms with Gasteiger partial charge in [0.05, 0.1) is 11.6 Å². The Morgan fingerprint density at radius 2 is 1.95 bits per heavy atom. The minimum atomic E-state index is -0.434. The molecule has 2 rings (SSSR count). The molecule has 5 heteroatoms. The number of benzene rings is 1. The largest absolute Gasteiger partial charge is 0.506 e. The van der Waals surface area contributed by atoms with Crippen molar-refractivity contribution in [3.05, 3.63) is 18.2 Å². The van der Waals surface area contributed by atoms with Crippen LogP contribution in [0.25, 0.3) is 0 Å². The number of phenolic OH excluding ortho intramolecular Hbond substituents is 1. The van der Waals surface area contributed by atoms with Gasteiger partial charge < -0.3 is 20.5 Å². The standard InChI is InChI=1S/C16H24N2O3/c1-16(2,3)21-15(20)11-6-8-18(9-7-11)12-4-5-13(17)14(19)10-12/h4-5,10-11,19H,6-9,17H2,1-3H3. The second-order valence-corrected chi connectivity index (χ2v) is 6.54. The molecular weight excluding hydrogens is 268 g/mol. The number of piperidine rings is 1. The van der Waals surface area contributed by atoms with Gasteiger partial charge in [-0.25, -0.2) is 0 Å². The molecule has 1 saturated heterocycles. The SMILES string of the molecule is CC(C)(C)OC(=O)C1CCN(c2ccc(N)c(O)c2)CC1. The molecule has 116 valence electrons. The molecule has 0 saturated carbocycles. The number of carbonyl (C=O) groups is 1. The van der Waals surface area contributed by atoms with Gasteiger partial charge in [0, 0.05) is 24.8 Å². The van der Waals surface area contributed by atoms with Gasteiger partial charge in [-0.05, 0) is 45.7 Å². The number of nitrogens with two attached hydrogens (primary N) is 1. The molecule has 0 aromatic heterocycles. The Kier molecular flexibility index (Phi) is 4.30. The van der Waals surface area contributed by atoms with Crippen molar-refractivity contribution in [2.24, 2.45) is 5.92 Å². The van der Waals surface area contributed by atoms with Crippen LogP contribution < -0.4 is 10.6 Å². The molecule has 0 radical (unpaired) electrons. The lowest BCUT2D eigenvalue weighted by molar-refractivity contribution is -0.160. The fraction of sp³-hybridized carbons (Fsp3) is 0.562. The zero-order valence-electron chi connectivity index (χ0n) is 12.9. The molecule has 0 amide bonds. The summed E-state index contributed by atoms with van der Waals surface area (Å²) in [5, 5.41) is 9.67. The fourth-order valence-electron chi connectivity index (χ4n) is 2.49. The molecule has 0 unspecified atom stereocenters. The molecule has 0 atom stereocenters. The number of nitrogens with zero attached hydrogens (tertiary/aromatic N) is 1. The molecule has 3 N–H and O–H groups in total.